The monoisotopic (exact) mass is 401 g/mol. The predicted molar refractivity (Wildman–Crippen MR) is 107 cm³/mol. The lowest BCUT2D eigenvalue weighted by atomic mass is 10.2. The van der Waals surface area contributed by atoms with Crippen LogP contribution in [-0.2, 0) is 14.6 Å². The van der Waals surface area contributed by atoms with Crippen molar-refractivity contribution in [2.24, 2.45) is 0 Å². The summed E-state index contributed by atoms with van der Waals surface area (Å²) in [7, 11) is -3.49. The van der Waals surface area contributed by atoms with Gasteiger partial charge in [0.1, 0.15) is 5.82 Å². The van der Waals surface area contributed by atoms with E-state index in [1.165, 1.54) is 17.4 Å². The van der Waals surface area contributed by atoms with Crippen LogP contribution in [0, 0.1) is 5.82 Å². The molecule has 1 heterocycles. The number of carbonyl (C=O) groups excluding carboxylic acids is 1. The minimum absolute atomic E-state index is 0.0612. The Hall–Kier alpha value is -2.77. The Morgan fingerprint density at radius 3 is 2.52 bits per heavy atom. The van der Waals surface area contributed by atoms with Gasteiger partial charge in [-0.15, -0.1) is 11.3 Å². The SMILES string of the molecule is CS(=O)(=O)c1ccc(F)c(NC(=O)/C=C/c2ccc(-c3ccccc3)s2)c1. The maximum absolute atomic E-state index is 13.8. The van der Waals surface area contributed by atoms with Crippen molar-refractivity contribution < 1.29 is 17.6 Å². The molecule has 0 saturated carbocycles. The van der Waals surface area contributed by atoms with Crippen molar-refractivity contribution in [2.75, 3.05) is 11.6 Å². The zero-order chi connectivity index (χ0) is 19.4. The number of benzene rings is 2. The lowest BCUT2D eigenvalue weighted by Crippen LogP contribution is -2.10. The summed E-state index contributed by atoms with van der Waals surface area (Å²) >= 11 is 1.52. The summed E-state index contributed by atoms with van der Waals surface area (Å²) < 4.78 is 37.0. The van der Waals surface area contributed by atoms with Crippen LogP contribution < -0.4 is 5.32 Å². The summed E-state index contributed by atoms with van der Waals surface area (Å²) in [4.78, 5) is 13.9. The molecule has 0 unspecified atom stereocenters. The molecule has 2 aromatic carbocycles. The first-order valence-electron chi connectivity index (χ1n) is 7.97. The number of hydrogen-bond acceptors (Lipinski definition) is 4. The molecular weight excluding hydrogens is 385 g/mol. The fourth-order valence-electron chi connectivity index (χ4n) is 2.36. The fourth-order valence-corrected chi connectivity index (χ4v) is 3.93. The van der Waals surface area contributed by atoms with Crippen LogP contribution in [0.4, 0.5) is 10.1 Å². The second kappa shape index (κ2) is 7.85. The van der Waals surface area contributed by atoms with Crippen LogP contribution >= 0.6 is 11.3 Å². The highest BCUT2D eigenvalue weighted by molar-refractivity contribution is 7.90. The number of rotatable bonds is 5. The largest absolute Gasteiger partial charge is 0.320 e. The average Bonchev–Trinajstić information content (AvgIpc) is 3.11. The average molecular weight is 401 g/mol. The molecule has 27 heavy (non-hydrogen) atoms. The molecule has 0 radical (unpaired) electrons. The van der Waals surface area contributed by atoms with E-state index >= 15 is 0 Å². The van der Waals surface area contributed by atoms with Gasteiger partial charge in [-0.25, -0.2) is 12.8 Å². The first-order chi connectivity index (χ1) is 12.8. The molecule has 0 fully saturated rings. The van der Waals surface area contributed by atoms with E-state index in [1.807, 2.05) is 42.5 Å². The van der Waals surface area contributed by atoms with E-state index in [1.54, 1.807) is 6.08 Å². The number of amides is 1. The highest BCUT2D eigenvalue weighted by Crippen LogP contribution is 2.28. The molecule has 1 amide bonds. The Kier molecular flexibility index (Phi) is 5.53. The van der Waals surface area contributed by atoms with Crippen molar-refractivity contribution >= 4 is 38.8 Å². The quantitative estimate of drug-likeness (QED) is 0.502. The standard InChI is InChI=1S/C20H16FNO3S2/c1-27(24,25)16-9-10-17(21)18(13-16)22-20(23)12-8-15-7-11-19(26-15)14-5-3-2-4-6-14/h2-13H,1H3,(H,22,23)/b12-8+. The summed E-state index contributed by atoms with van der Waals surface area (Å²) in [5.74, 6) is -1.25. The number of hydrogen-bond donors (Lipinski definition) is 1. The second-order valence-electron chi connectivity index (χ2n) is 5.80. The number of sulfone groups is 1. The third-order valence-electron chi connectivity index (χ3n) is 3.71. The van der Waals surface area contributed by atoms with Crippen LogP contribution in [0.2, 0.25) is 0 Å². The van der Waals surface area contributed by atoms with Gasteiger partial charge in [-0.3, -0.25) is 4.79 Å². The molecule has 0 atom stereocenters. The predicted octanol–water partition coefficient (Wildman–Crippen LogP) is 4.61. The Bertz CT molecular complexity index is 1100. The molecule has 7 heteroatoms. The summed E-state index contributed by atoms with van der Waals surface area (Å²) in [5.41, 5.74) is 0.912. The van der Waals surface area contributed by atoms with E-state index in [2.05, 4.69) is 5.32 Å². The lowest BCUT2D eigenvalue weighted by Gasteiger charge is -2.06. The van der Waals surface area contributed by atoms with Crippen molar-refractivity contribution in [2.45, 2.75) is 4.90 Å². The van der Waals surface area contributed by atoms with Crippen LogP contribution in [0.3, 0.4) is 0 Å². The molecule has 0 saturated heterocycles. The van der Waals surface area contributed by atoms with E-state index in [-0.39, 0.29) is 10.6 Å². The third-order valence-corrected chi connectivity index (χ3v) is 5.92. The van der Waals surface area contributed by atoms with Crippen LogP contribution in [0.25, 0.3) is 16.5 Å². The minimum Gasteiger partial charge on any atom is -0.320 e. The zero-order valence-corrected chi connectivity index (χ0v) is 16.0. The second-order valence-corrected chi connectivity index (χ2v) is 8.94. The van der Waals surface area contributed by atoms with Crippen LogP contribution in [0.1, 0.15) is 4.88 Å². The lowest BCUT2D eigenvalue weighted by molar-refractivity contribution is -0.111. The molecule has 1 aromatic heterocycles. The smallest absolute Gasteiger partial charge is 0.248 e. The van der Waals surface area contributed by atoms with Gasteiger partial charge < -0.3 is 5.32 Å². The normalized spacial score (nSPS) is 11.6. The van der Waals surface area contributed by atoms with Gasteiger partial charge in [-0.1, -0.05) is 30.3 Å². The molecule has 0 aliphatic rings. The van der Waals surface area contributed by atoms with E-state index < -0.39 is 21.6 Å². The van der Waals surface area contributed by atoms with E-state index in [9.17, 15) is 17.6 Å². The summed E-state index contributed by atoms with van der Waals surface area (Å²) in [6.45, 7) is 0. The molecule has 0 spiro atoms. The maximum atomic E-state index is 13.8. The molecule has 3 rings (SSSR count). The molecule has 0 bridgehead atoms. The zero-order valence-electron chi connectivity index (χ0n) is 14.3. The van der Waals surface area contributed by atoms with Gasteiger partial charge in [0.2, 0.25) is 5.91 Å². The maximum Gasteiger partial charge on any atom is 0.248 e. The van der Waals surface area contributed by atoms with Crippen LogP contribution in [0.15, 0.2) is 71.6 Å². The molecule has 4 nitrogen and oxygen atoms in total. The van der Waals surface area contributed by atoms with Gasteiger partial charge in [0, 0.05) is 22.1 Å². The summed E-state index contributed by atoms with van der Waals surface area (Å²) in [6.07, 6.45) is 3.94. The van der Waals surface area contributed by atoms with Gasteiger partial charge in [0.25, 0.3) is 0 Å². The number of thiophene rings is 1. The van der Waals surface area contributed by atoms with Gasteiger partial charge >= 0.3 is 0 Å². The van der Waals surface area contributed by atoms with Crippen molar-refractivity contribution in [3.05, 3.63) is 77.4 Å². The van der Waals surface area contributed by atoms with E-state index in [0.29, 0.717) is 0 Å². The molecule has 0 aliphatic heterocycles. The molecular formula is C20H16FNO3S2. The number of halogens is 1. The van der Waals surface area contributed by atoms with Gasteiger partial charge in [0.05, 0.1) is 10.6 Å². The first kappa shape index (κ1) is 19.0. The van der Waals surface area contributed by atoms with Crippen molar-refractivity contribution in [1.29, 1.82) is 0 Å². The number of nitrogens with one attached hydrogen (secondary N) is 1. The Morgan fingerprint density at radius 2 is 1.81 bits per heavy atom. The highest BCUT2D eigenvalue weighted by atomic mass is 32.2. The highest BCUT2D eigenvalue weighted by Gasteiger charge is 2.12. The third kappa shape index (κ3) is 4.90. The molecule has 3 aromatic rings. The van der Waals surface area contributed by atoms with Gasteiger partial charge in [-0.05, 0) is 42.0 Å². The Balaban J connectivity index is 1.72. The summed E-state index contributed by atoms with van der Waals surface area (Å²) in [5, 5.41) is 2.37. The first-order valence-corrected chi connectivity index (χ1v) is 10.7. The molecule has 1 N–H and O–H groups in total. The van der Waals surface area contributed by atoms with Gasteiger partial charge in [-0.2, -0.15) is 0 Å². The summed E-state index contributed by atoms with van der Waals surface area (Å²) in [6, 6.07) is 17.0. The molecule has 138 valence electrons. The number of anilines is 1. The van der Waals surface area contributed by atoms with Crippen molar-refractivity contribution in [1.82, 2.24) is 0 Å². The van der Waals surface area contributed by atoms with E-state index in [4.69, 9.17) is 0 Å². The van der Waals surface area contributed by atoms with Crippen molar-refractivity contribution in [3.63, 3.8) is 0 Å². The van der Waals surface area contributed by atoms with Gasteiger partial charge in [0.15, 0.2) is 9.84 Å². The molecule has 0 aliphatic carbocycles. The van der Waals surface area contributed by atoms with Crippen LogP contribution in [0.5, 0.6) is 0 Å². The fraction of sp³-hybridized carbons (Fsp3) is 0.0500. The number of carbonyl (C=O) groups is 1. The van der Waals surface area contributed by atoms with E-state index in [0.717, 1.165) is 39.8 Å². The topological polar surface area (TPSA) is 63.2 Å². The minimum atomic E-state index is -3.49. The van der Waals surface area contributed by atoms with Crippen molar-refractivity contribution in [3.8, 4) is 10.4 Å². The Morgan fingerprint density at radius 1 is 1.07 bits per heavy atom. The Labute approximate surface area is 160 Å². The van der Waals surface area contributed by atoms with Crippen LogP contribution in [-0.4, -0.2) is 20.6 Å².